The van der Waals surface area contributed by atoms with Crippen molar-refractivity contribution in [2.24, 2.45) is 0 Å². The summed E-state index contributed by atoms with van der Waals surface area (Å²) in [5.41, 5.74) is 0. The molecular formula is C7H10O5P+. The predicted molar refractivity (Wildman–Crippen MR) is 45.1 cm³/mol. The summed E-state index contributed by atoms with van der Waals surface area (Å²) in [4.78, 5) is 10.6. The Morgan fingerprint density at radius 1 is 1.54 bits per heavy atom. The SMILES string of the molecule is CC#CCOC(=O)O[P+](=O)OCC. The monoisotopic (exact) mass is 205 g/mol. The van der Waals surface area contributed by atoms with Gasteiger partial charge >= 0.3 is 14.4 Å². The highest BCUT2D eigenvalue weighted by Crippen LogP contribution is 2.23. The lowest BCUT2D eigenvalue weighted by Crippen LogP contribution is -2.03. The van der Waals surface area contributed by atoms with Gasteiger partial charge in [-0.15, -0.1) is 15.0 Å². The Balaban J connectivity index is 3.59. The smallest absolute Gasteiger partial charge is 0.418 e. The molecule has 72 valence electrons. The van der Waals surface area contributed by atoms with E-state index in [-0.39, 0.29) is 13.2 Å². The van der Waals surface area contributed by atoms with E-state index in [1.165, 1.54) is 0 Å². The molecule has 0 aliphatic carbocycles. The molecule has 13 heavy (non-hydrogen) atoms. The molecule has 0 rings (SSSR count). The number of carbonyl (C=O) groups excluding carboxylic acids is 1. The average Bonchev–Trinajstić information content (AvgIpc) is 2.05. The second-order valence-electron chi connectivity index (χ2n) is 1.70. The van der Waals surface area contributed by atoms with Gasteiger partial charge in [0, 0.05) is 4.57 Å². The topological polar surface area (TPSA) is 61.8 Å². The van der Waals surface area contributed by atoms with Gasteiger partial charge in [0.15, 0.2) is 6.61 Å². The zero-order valence-corrected chi connectivity index (χ0v) is 8.30. The van der Waals surface area contributed by atoms with E-state index in [4.69, 9.17) is 0 Å². The molecule has 5 nitrogen and oxygen atoms in total. The Labute approximate surface area is 77.3 Å². The summed E-state index contributed by atoms with van der Waals surface area (Å²) in [7, 11) is -2.41. The van der Waals surface area contributed by atoms with E-state index in [0.717, 1.165) is 0 Å². The zero-order chi connectivity index (χ0) is 10.1. The van der Waals surface area contributed by atoms with Crippen LogP contribution in [-0.2, 0) is 18.3 Å². The molecule has 0 amide bonds. The molecule has 0 heterocycles. The fourth-order valence-corrected chi connectivity index (χ4v) is 0.824. The van der Waals surface area contributed by atoms with Gasteiger partial charge in [0.25, 0.3) is 0 Å². The third-order valence-electron chi connectivity index (χ3n) is 0.823. The number of rotatable bonds is 4. The Hall–Kier alpha value is -1.11. The summed E-state index contributed by atoms with van der Waals surface area (Å²) >= 11 is 0. The van der Waals surface area contributed by atoms with Crippen LogP contribution >= 0.6 is 8.25 Å². The molecule has 0 fully saturated rings. The molecule has 1 unspecified atom stereocenters. The Morgan fingerprint density at radius 2 is 2.23 bits per heavy atom. The van der Waals surface area contributed by atoms with Crippen molar-refractivity contribution in [2.75, 3.05) is 13.2 Å². The van der Waals surface area contributed by atoms with E-state index in [0.29, 0.717) is 0 Å². The second-order valence-corrected chi connectivity index (χ2v) is 2.59. The molecular weight excluding hydrogens is 195 g/mol. The summed E-state index contributed by atoms with van der Waals surface area (Å²) in [6.45, 7) is 3.36. The molecule has 0 bridgehead atoms. The van der Waals surface area contributed by atoms with E-state index in [1.807, 2.05) is 0 Å². The number of hydrogen-bond acceptors (Lipinski definition) is 5. The lowest BCUT2D eigenvalue weighted by molar-refractivity contribution is 0.106. The number of hydrogen-bond donors (Lipinski definition) is 0. The van der Waals surface area contributed by atoms with Crippen LogP contribution in [0.1, 0.15) is 13.8 Å². The van der Waals surface area contributed by atoms with Crippen LogP contribution in [0.25, 0.3) is 0 Å². The van der Waals surface area contributed by atoms with E-state index >= 15 is 0 Å². The first kappa shape index (κ1) is 11.9. The van der Waals surface area contributed by atoms with Crippen LogP contribution in [0.3, 0.4) is 0 Å². The highest BCUT2D eigenvalue weighted by atomic mass is 31.1. The molecule has 6 heteroatoms. The van der Waals surface area contributed by atoms with Crippen molar-refractivity contribution < 1.29 is 23.1 Å². The van der Waals surface area contributed by atoms with Gasteiger partial charge in [0.1, 0.15) is 6.61 Å². The Kier molecular flexibility index (Phi) is 6.89. The van der Waals surface area contributed by atoms with Crippen LogP contribution in [0.5, 0.6) is 0 Å². The van der Waals surface area contributed by atoms with Gasteiger partial charge in [-0.1, -0.05) is 5.92 Å². The van der Waals surface area contributed by atoms with Gasteiger partial charge in [-0.05, 0) is 13.8 Å². The first-order valence-electron chi connectivity index (χ1n) is 3.55. The Morgan fingerprint density at radius 3 is 2.77 bits per heavy atom. The molecule has 0 radical (unpaired) electrons. The van der Waals surface area contributed by atoms with E-state index in [1.54, 1.807) is 13.8 Å². The molecule has 0 saturated heterocycles. The highest BCUT2D eigenvalue weighted by Gasteiger charge is 2.26. The molecule has 0 aliphatic rings. The lowest BCUT2D eigenvalue weighted by Gasteiger charge is -1.91. The van der Waals surface area contributed by atoms with Crippen molar-refractivity contribution >= 4 is 14.4 Å². The fourth-order valence-electron chi connectivity index (χ4n) is 0.386. The zero-order valence-electron chi connectivity index (χ0n) is 7.40. The normalized spacial score (nSPS) is 9.54. The summed E-state index contributed by atoms with van der Waals surface area (Å²) in [6.07, 6.45) is -1.04. The minimum atomic E-state index is -2.41. The van der Waals surface area contributed by atoms with Gasteiger partial charge < -0.3 is 4.74 Å². The minimum absolute atomic E-state index is 0.0787. The molecule has 0 aliphatic heterocycles. The van der Waals surface area contributed by atoms with Crippen molar-refractivity contribution in [2.45, 2.75) is 13.8 Å². The van der Waals surface area contributed by atoms with Gasteiger partial charge in [-0.25, -0.2) is 0 Å². The van der Waals surface area contributed by atoms with Crippen molar-refractivity contribution in [1.29, 1.82) is 0 Å². The summed E-state index contributed by atoms with van der Waals surface area (Å²) in [6, 6.07) is 0. The van der Waals surface area contributed by atoms with Crippen LogP contribution < -0.4 is 0 Å². The lowest BCUT2D eigenvalue weighted by atomic mass is 10.6. The first-order valence-corrected chi connectivity index (χ1v) is 4.64. The van der Waals surface area contributed by atoms with Crippen molar-refractivity contribution in [1.82, 2.24) is 0 Å². The quantitative estimate of drug-likeness (QED) is 0.398. The van der Waals surface area contributed by atoms with Crippen molar-refractivity contribution in [3.8, 4) is 11.8 Å². The van der Waals surface area contributed by atoms with Gasteiger partial charge in [0.2, 0.25) is 0 Å². The van der Waals surface area contributed by atoms with E-state index in [2.05, 4.69) is 25.6 Å². The van der Waals surface area contributed by atoms with Gasteiger partial charge in [-0.3, -0.25) is 0 Å². The number of carbonyl (C=O) groups is 1. The maximum Gasteiger partial charge on any atom is 0.756 e. The molecule has 0 spiro atoms. The molecule has 0 saturated carbocycles. The highest BCUT2D eigenvalue weighted by molar-refractivity contribution is 7.34. The third kappa shape index (κ3) is 7.26. The van der Waals surface area contributed by atoms with Crippen LogP contribution in [0.4, 0.5) is 4.79 Å². The largest absolute Gasteiger partial charge is 0.756 e. The van der Waals surface area contributed by atoms with Crippen molar-refractivity contribution in [3.63, 3.8) is 0 Å². The van der Waals surface area contributed by atoms with Gasteiger partial charge in [-0.2, -0.15) is 4.79 Å². The molecule has 0 N–H and O–H groups in total. The molecule has 1 atom stereocenters. The summed E-state index contributed by atoms with van der Waals surface area (Å²) < 4.78 is 23.7. The van der Waals surface area contributed by atoms with Crippen LogP contribution in [0, 0.1) is 11.8 Å². The average molecular weight is 205 g/mol. The summed E-state index contributed by atoms with van der Waals surface area (Å²) in [5.74, 6) is 4.99. The molecule has 0 aromatic carbocycles. The maximum atomic E-state index is 10.7. The Bertz CT molecular complexity index is 239. The van der Waals surface area contributed by atoms with Crippen molar-refractivity contribution in [3.05, 3.63) is 0 Å². The maximum absolute atomic E-state index is 10.7. The van der Waals surface area contributed by atoms with Crippen LogP contribution in [0.2, 0.25) is 0 Å². The van der Waals surface area contributed by atoms with E-state index in [9.17, 15) is 9.36 Å². The first-order chi connectivity index (χ1) is 6.20. The number of ether oxygens (including phenoxy) is 1. The minimum Gasteiger partial charge on any atom is -0.418 e. The summed E-state index contributed by atoms with van der Waals surface area (Å²) in [5, 5.41) is 0. The predicted octanol–water partition coefficient (Wildman–Crippen LogP) is 1.86. The molecule has 0 aromatic heterocycles. The molecule has 0 aromatic rings. The standard InChI is InChI=1S/C7H10O5P/c1-3-5-6-10-7(8)12-13(9)11-4-2/h4,6H2,1-2H3/q+1. The second kappa shape index (κ2) is 7.53. The third-order valence-corrected chi connectivity index (χ3v) is 1.59. The van der Waals surface area contributed by atoms with Crippen LogP contribution in [-0.4, -0.2) is 19.4 Å². The van der Waals surface area contributed by atoms with E-state index < -0.39 is 14.4 Å². The van der Waals surface area contributed by atoms with Gasteiger partial charge in [0.05, 0.1) is 0 Å². The van der Waals surface area contributed by atoms with Crippen LogP contribution in [0.15, 0.2) is 0 Å². The fraction of sp³-hybridized carbons (Fsp3) is 0.571.